The Morgan fingerprint density at radius 2 is 1.30 bits per heavy atom. The summed E-state index contributed by atoms with van der Waals surface area (Å²) in [4.78, 5) is 22.5. The fraction of sp³-hybridized carbons (Fsp3) is 0.652. The van der Waals surface area contributed by atoms with E-state index in [0.29, 0.717) is 6.61 Å². The molecule has 198 valence electrons. The minimum Gasteiger partial charge on any atom is -0.550 e. The van der Waals surface area contributed by atoms with Gasteiger partial charge in [-0.2, -0.15) is 0 Å². The molecule has 10 nitrogen and oxygen atoms in total. The lowest BCUT2D eigenvalue weighted by molar-refractivity contribution is -0.921. The molecule has 0 atom stereocenters. The minimum absolute atomic E-state index is 0. The van der Waals surface area contributed by atoms with Crippen molar-refractivity contribution in [3.63, 3.8) is 0 Å². The molecule has 0 saturated carbocycles. The van der Waals surface area contributed by atoms with Gasteiger partial charge in [-0.15, -0.1) is 0 Å². The van der Waals surface area contributed by atoms with Crippen LogP contribution in [0.1, 0.15) is 47.1 Å². The first-order valence-corrected chi connectivity index (χ1v) is 10.7. The van der Waals surface area contributed by atoms with Gasteiger partial charge < -0.3 is 41.0 Å². The lowest BCUT2D eigenvalue weighted by atomic mass is 9.99. The highest BCUT2D eigenvalue weighted by molar-refractivity contribution is 5.74. The number of nitrogens with zero attached hydrogens (tertiary/aromatic N) is 2. The van der Waals surface area contributed by atoms with Gasteiger partial charge in [-0.3, -0.25) is 9.69 Å². The molecular formula is C23H48N2O8. The number of likely N-dealkylation sites (tertiary alicyclic amines) is 1. The Balaban J connectivity index is -0.000000134. The molecule has 1 heterocycles. The molecule has 8 N–H and O–H groups in total. The standard InChI is InChI=1S/C13H17NO2.C8H20N.C2H4O2.4H2O/c1-2-16-13(15)12-9-14(10-12)8-11-6-4-3-5-7-11;1-5-9(6-2,7-3)8-4;1-2(3)4;;;;/h3-7,12H,2,8-10H2,1H3;5-8H2,1-4H3;1H3,(H,3,4);4*1H2/q;+1;;;;;/p-1. The van der Waals surface area contributed by atoms with Gasteiger partial charge in [0, 0.05) is 25.6 Å². The molecule has 2 rings (SSSR count). The Labute approximate surface area is 199 Å². The number of hydrogen-bond donors (Lipinski definition) is 0. The van der Waals surface area contributed by atoms with Gasteiger partial charge >= 0.3 is 5.97 Å². The molecule has 0 aliphatic carbocycles. The van der Waals surface area contributed by atoms with Crippen LogP contribution >= 0.6 is 0 Å². The maximum Gasteiger partial charge on any atom is 0.311 e. The zero-order valence-electron chi connectivity index (χ0n) is 21.1. The number of rotatable bonds is 8. The van der Waals surface area contributed by atoms with Crippen LogP contribution in [-0.2, 0) is 20.9 Å². The fourth-order valence-electron chi connectivity index (χ4n) is 3.29. The van der Waals surface area contributed by atoms with Crippen molar-refractivity contribution in [1.82, 2.24) is 4.90 Å². The van der Waals surface area contributed by atoms with Crippen LogP contribution in [0.2, 0.25) is 0 Å². The summed E-state index contributed by atoms with van der Waals surface area (Å²) < 4.78 is 6.26. The van der Waals surface area contributed by atoms with Crippen molar-refractivity contribution in [2.45, 2.75) is 48.1 Å². The number of carbonyl (C=O) groups excluding carboxylic acids is 2. The maximum absolute atomic E-state index is 11.4. The van der Waals surface area contributed by atoms with E-state index in [-0.39, 0.29) is 33.8 Å². The zero-order valence-corrected chi connectivity index (χ0v) is 21.1. The third-order valence-corrected chi connectivity index (χ3v) is 5.51. The Hall–Kier alpha value is -2.08. The lowest BCUT2D eigenvalue weighted by Gasteiger charge is -2.37. The quantitative estimate of drug-likeness (QED) is 0.340. The van der Waals surface area contributed by atoms with Crippen LogP contribution in [0.3, 0.4) is 0 Å². The highest BCUT2D eigenvalue weighted by atomic mass is 16.5. The largest absolute Gasteiger partial charge is 0.550 e. The molecule has 0 unspecified atom stereocenters. The second-order valence-corrected chi connectivity index (χ2v) is 7.23. The van der Waals surface area contributed by atoms with E-state index >= 15 is 0 Å². The topological polar surface area (TPSA) is 196 Å². The number of hydrogen-bond acceptors (Lipinski definition) is 5. The monoisotopic (exact) mass is 480 g/mol. The molecule has 0 bridgehead atoms. The number of benzene rings is 1. The lowest BCUT2D eigenvalue weighted by Crippen LogP contribution is -2.50. The van der Waals surface area contributed by atoms with Crippen molar-refractivity contribution in [2.75, 3.05) is 45.9 Å². The van der Waals surface area contributed by atoms with Crippen molar-refractivity contribution in [3.8, 4) is 0 Å². The van der Waals surface area contributed by atoms with Crippen molar-refractivity contribution in [2.24, 2.45) is 5.92 Å². The Kier molecular flexibility index (Phi) is 28.8. The van der Waals surface area contributed by atoms with Crippen LogP contribution in [0.25, 0.3) is 0 Å². The van der Waals surface area contributed by atoms with Crippen LogP contribution in [-0.4, -0.2) is 89.1 Å². The van der Waals surface area contributed by atoms with Crippen LogP contribution in [0, 0.1) is 5.92 Å². The van der Waals surface area contributed by atoms with E-state index in [9.17, 15) is 4.79 Å². The molecule has 0 aromatic heterocycles. The summed E-state index contributed by atoms with van der Waals surface area (Å²) in [6.07, 6.45) is 0. The SMILES string of the molecule is CC(=O)[O-].CCOC(=O)C1CN(Cc2ccccc2)C1.CC[N+](CC)(CC)CC.O.O.O.O. The minimum atomic E-state index is -1.08. The van der Waals surface area contributed by atoms with Crippen LogP contribution in [0.4, 0.5) is 0 Å². The van der Waals surface area contributed by atoms with E-state index in [1.54, 1.807) is 0 Å². The third-order valence-electron chi connectivity index (χ3n) is 5.51. The van der Waals surface area contributed by atoms with Crippen molar-refractivity contribution in [3.05, 3.63) is 35.9 Å². The van der Waals surface area contributed by atoms with Gasteiger partial charge in [0.2, 0.25) is 0 Å². The van der Waals surface area contributed by atoms with E-state index in [4.69, 9.17) is 14.6 Å². The number of ether oxygens (including phenoxy) is 1. The Morgan fingerprint density at radius 1 is 0.909 bits per heavy atom. The average molecular weight is 481 g/mol. The molecule has 1 aromatic rings. The zero-order chi connectivity index (χ0) is 22.3. The van der Waals surface area contributed by atoms with E-state index in [0.717, 1.165) is 26.6 Å². The molecule has 1 saturated heterocycles. The number of esters is 1. The molecule has 10 heteroatoms. The van der Waals surface area contributed by atoms with Crippen LogP contribution in [0.5, 0.6) is 0 Å². The third kappa shape index (κ3) is 17.1. The molecule has 33 heavy (non-hydrogen) atoms. The molecule has 0 radical (unpaired) electrons. The number of carbonyl (C=O) groups is 2. The number of quaternary nitrogens is 1. The summed E-state index contributed by atoms with van der Waals surface area (Å²) in [7, 11) is 0. The van der Waals surface area contributed by atoms with Gasteiger partial charge in [0.15, 0.2) is 0 Å². The number of carboxylic acids is 1. The highest BCUT2D eigenvalue weighted by Gasteiger charge is 2.33. The molecule has 1 aromatic carbocycles. The summed E-state index contributed by atoms with van der Waals surface area (Å²) in [5.41, 5.74) is 1.30. The first kappa shape index (κ1) is 41.2. The molecule has 1 aliphatic heterocycles. The van der Waals surface area contributed by atoms with Crippen molar-refractivity contribution in [1.29, 1.82) is 0 Å². The summed E-state index contributed by atoms with van der Waals surface area (Å²) >= 11 is 0. The van der Waals surface area contributed by atoms with Gasteiger partial charge in [0.25, 0.3) is 0 Å². The Morgan fingerprint density at radius 3 is 1.61 bits per heavy atom. The number of carboxylic acid groups (broad SMARTS) is 1. The van der Waals surface area contributed by atoms with Gasteiger partial charge in [0.05, 0.1) is 38.7 Å². The Bertz CT molecular complexity index is 556. The normalized spacial score (nSPS) is 12.2. The van der Waals surface area contributed by atoms with Gasteiger partial charge in [-0.05, 0) is 47.1 Å². The summed E-state index contributed by atoms with van der Waals surface area (Å²) in [5, 5.41) is 8.89. The smallest absolute Gasteiger partial charge is 0.311 e. The molecule has 0 spiro atoms. The second-order valence-electron chi connectivity index (χ2n) is 7.23. The summed E-state index contributed by atoms with van der Waals surface area (Å²) in [6.45, 7) is 20.1. The van der Waals surface area contributed by atoms with E-state index in [1.807, 2.05) is 25.1 Å². The molecule has 0 amide bonds. The van der Waals surface area contributed by atoms with E-state index in [1.165, 1.54) is 36.2 Å². The van der Waals surface area contributed by atoms with Gasteiger partial charge in [0.1, 0.15) is 0 Å². The van der Waals surface area contributed by atoms with E-state index in [2.05, 4.69) is 44.7 Å². The number of aliphatic carboxylic acids is 1. The molecule has 1 fully saturated rings. The van der Waals surface area contributed by atoms with Gasteiger partial charge in [-0.25, -0.2) is 0 Å². The van der Waals surface area contributed by atoms with Crippen molar-refractivity contribution >= 4 is 11.9 Å². The summed E-state index contributed by atoms with van der Waals surface area (Å²) in [6, 6.07) is 10.3. The second kappa shape index (κ2) is 23.1. The average Bonchev–Trinajstić information content (AvgIpc) is 2.68. The van der Waals surface area contributed by atoms with E-state index < -0.39 is 5.97 Å². The highest BCUT2D eigenvalue weighted by Crippen LogP contribution is 2.19. The predicted octanol–water partition coefficient (Wildman–Crippen LogP) is -0.978. The maximum atomic E-state index is 11.4. The van der Waals surface area contributed by atoms with Crippen LogP contribution < -0.4 is 5.11 Å². The van der Waals surface area contributed by atoms with Crippen molar-refractivity contribution < 1.29 is 45.8 Å². The predicted molar refractivity (Wildman–Crippen MR) is 129 cm³/mol. The van der Waals surface area contributed by atoms with Gasteiger partial charge in [-0.1, -0.05) is 30.3 Å². The first-order valence-electron chi connectivity index (χ1n) is 10.7. The van der Waals surface area contributed by atoms with Crippen LogP contribution in [0.15, 0.2) is 30.3 Å². The molecular weight excluding hydrogens is 432 g/mol. The molecule has 1 aliphatic rings. The summed E-state index contributed by atoms with van der Waals surface area (Å²) in [5.74, 6) is -1.05. The fourth-order valence-corrected chi connectivity index (χ4v) is 3.29. The first-order chi connectivity index (χ1) is 13.8.